The number of halogens is 1. The molecule has 6 heteroatoms. The minimum atomic E-state index is -0.577. The van der Waals surface area contributed by atoms with Gasteiger partial charge in [0.25, 0.3) is 0 Å². The van der Waals surface area contributed by atoms with Gasteiger partial charge in [0, 0.05) is 10.7 Å². The first-order chi connectivity index (χ1) is 10.4. The van der Waals surface area contributed by atoms with E-state index in [1.54, 1.807) is 25.1 Å². The predicted octanol–water partition coefficient (Wildman–Crippen LogP) is 3.17. The van der Waals surface area contributed by atoms with E-state index in [4.69, 9.17) is 16.3 Å². The summed E-state index contributed by atoms with van der Waals surface area (Å²) in [6.07, 6.45) is 0. The maximum atomic E-state index is 12.4. The van der Waals surface area contributed by atoms with Crippen LogP contribution in [0.3, 0.4) is 0 Å². The number of allylic oxidation sites excluding steroid dienone is 1. The number of carbonyl (C=O) groups excluding carboxylic acids is 2. The Balaban J connectivity index is 2.34. The number of benzene rings is 1. The summed E-state index contributed by atoms with van der Waals surface area (Å²) >= 11 is 6.01. The lowest BCUT2D eigenvalue weighted by molar-refractivity contribution is -0.140. The highest BCUT2D eigenvalue weighted by Crippen LogP contribution is 2.29. The Morgan fingerprint density at radius 2 is 2.14 bits per heavy atom. The molecule has 0 fully saturated rings. The highest BCUT2D eigenvalue weighted by atomic mass is 35.5. The summed E-state index contributed by atoms with van der Waals surface area (Å²) < 4.78 is 5.31. The molecule has 2 N–H and O–H groups in total. The Kier molecular flexibility index (Phi) is 5.08. The Hall–Kier alpha value is -2.01. The smallest absolute Gasteiger partial charge is 0.338 e. The van der Waals surface area contributed by atoms with E-state index in [9.17, 15) is 9.59 Å². The Bertz CT molecular complexity index is 626. The molecule has 0 bridgehead atoms. The second-order valence-corrected chi connectivity index (χ2v) is 6.05. The molecule has 1 atom stereocenters. The summed E-state index contributed by atoms with van der Waals surface area (Å²) in [5, 5.41) is 5.89. The van der Waals surface area contributed by atoms with Crippen molar-refractivity contribution in [3.8, 4) is 0 Å². The maximum Gasteiger partial charge on any atom is 0.338 e. The van der Waals surface area contributed by atoms with Crippen LogP contribution in [0.1, 0.15) is 32.4 Å². The molecule has 1 heterocycles. The lowest BCUT2D eigenvalue weighted by atomic mass is 9.95. The second kappa shape index (κ2) is 6.83. The second-order valence-electron chi connectivity index (χ2n) is 5.62. The third-order valence-corrected chi connectivity index (χ3v) is 3.45. The highest BCUT2D eigenvalue weighted by Gasteiger charge is 2.32. The lowest BCUT2D eigenvalue weighted by Crippen LogP contribution is -2.45. The van der Waals surface area contributed by atoms with Gasteiger partial charge in [0.1, 0.15) is 0 Å². The van der Waals surface area contributed by atoms with Crippen molar-refractivity contribution in [1.82, 2.24) is 10.6 Å². The molecule has 0 aromatic heterocycles. The van der Waals surface area contributed by atoms with E-state index >= 15 is 0 Å². The van der Waals surface area contributed by atoms with Gasteiger partial charge >= 0.3 is 12.0 Å². The number of ether oxygens (including phenoxy) is 1. The van der Waals surface area contributed by atoms with E-state index < -0.39 is 12.0 Å². The van der Waals surface area contributed by atoms with Crippen LogP contribution < -0.4 is 10.6 Å². The third-order valence-electron chi connectivity index (χ3n) is 3.22. The van der Waals surface area contributed by atoms with Gasteiger partial charge in [-0.25, -0.2) is 9.59 Å². The van der Waals surface area contributed by atoms with Crippen LogP contribution in [0.5, 0.6) is 0 Å². The van der Waals surface area contributed by atoms with Crippen molar-refractivity contribution in [2.24, 2.45) is 5.92 Å². The van der Waals surface area contributed by atoms with Gasteiger partial charge in [-0.1, -0.05) is 37.6 Å². The first kappa shape index (κ1) is 16.4. The van der Waals surface area contributed by atoms with Crippen molar-refractivity contribution in [2.75, 3.05) is 6.61 Å². The molecule has 5 nitrogen and oxygen atoms in total. The maximum absolute atomic E-state index is 12.4. The molecule has 118 valence electrons. The summed E-state index contributed by atoms with van der Waals surface area (Å²) in [5.41, 5.74) is 1.61. The fourth-order valence-corrected chi connectivity index (χ4v) is 2.42. The molecule has 0 saturated heterocycles. The van der Waals surface area contributed by atoms with E-state index in [0.717, 1.165) is 5.56 Å². The highest BCUT2D eigenvalue weighted by molar-refractivity contribution is 6.30. The van der Waals surface area contributed by atoms with Gasteiger partial charge < -0.3 is 15.4 Å². The van der Waals surface area contributed by atoms with E-state index in [1.165, 1.54) is 0 Å². The average Bonchev–Trinajstić information content (AvgIpc) is 2.44. The summed E-state index contributed by atoms with van der Waals surface area (Å²) in [4.78, 5) is 24.1. The van der Waals surface area contributed by atoms with Gasteiger partial charge in [-0.3, -0.25) is 0 Å². The zero-order valence-electron chi connectivity index (χ0n) is 12.8. The first-order valence-corrected chi connectivity index (χ1v) is 7.47. The zero-order chi connectivity index (χ0) is 16.3. The standard InChI is InChI=1S/C16H19ClN2O3/c1-9(2)8-22-15(20)13-10(3)18-16(21)19-14(13)11-5-4-6-12(17)7-11/h4-7,9,14H,8H2,1-3H3,(H2,18,19,21)/t14-/m0/s1. The zero-order valence-corrected chi connectivity index (χ0v) is 13.5. The molecule has 0 aliphatic carbocycles. The largest absolute Gasteiger partial charge is 0.462 e. The monoisotopic (exact) mass is 322 g/mol. The topological polar surface area (TPSA) is 67.4 Å². The number of hydrogen-bond donors (Lipinski definition) is 2. The molecule has 1 aromatic rings. The molecule has 0 spiro atoms. The minimum Gasteiger partial charge on any atom is -0.462 e. The van der Waals surface area contributed by atoms with Crippen LogP contribution in [0.15, 0.2) is 35.5 Å². The van der Waals surface area contributed by atoms with Crippen molar-refractivity contribution in [3.63, 3.8) is 0 Å². The molecule has 1 aliphatic heterocycles. The quantitative estimate of drug-likeness (QED) is 0.837. The van der Waals surface area contributed by atoms with E-state index in [1.807, 2.05) is 19.9 Å². The van der Waals surface area contributed by atoms with Gasteiger partial charge in [0.2, 0.25) is 0 Å². The summed E-state index contributed by atoms with van der Waals surface area (Å²) in [6, 6.07) is 6.11. The normalized spacial score (nSPS) is 18.0. The van der Waals surface area contributed by atoms with Gasteiger partial charge in [-0.05, 0) is 30.5 Å². The summed E-state index contributed by atoms with van der Waals surface area (Å²) in [7, 11) is 0. The number of carbonyl (C=O) groups is 2. The number of hydrogen-bond acceptors (Lipinski definition) is 3. The van der Waals surface area contributed by atoms with Crippen LogP contribution >= 0.6 is 11.6 Å². The van der Waals surface area contributed by atoms with Crippen LogP contribution in [0.2, 0.25) is 5.02 Å². The molecule has 0 radical (unpaired) electrons. The molecule has 2 amide bonds. The average molecular weight is 323 g/mol. The van der Waals surface area contributed by atoms with Crippen molar-refractivity contribution in [1.29, 1.82) is 0 Å². The molecule has 1 aliphatic rings. The first-order valence-electron chi connectivity index (χ1n) is 7.09. The number of amides is 2. The van der Waals surface area contributed by atoms with Gasteiger partial charge in [-0.15, -0.1) is 0 Å². The van der Waals surface area contributed by atoms with Crippen molar-refractivity contribution in [3.05, 3.63) is 46.1 Å². The molecule has 22 heavy (non-hydrogen) atoms. The molecular formula is C16H19ClN2O3. The fraction of sp³-hybridized carbons (Fsp3) is 0.375. The van der Waals surface area contributed by atoms with Crippen molar-refractivity contribution < 1.29 is 14.3 Å². The van der Waals surface area contributed by atoms with E-state index in [-0.39, 0.29) is 11.9 Å². The number of urea groups is 1. The molecular weight excluding hydrogens is 304 g/mol. The molecule has 0 saturated carbocycles. The van der Waals surface area contributed by atoms with Crippen LogP contribution in [0, 0.1) is 5.92 Å². The molecule has 1 aromatic carbocycles. The Morgan fingerprint density at radius 3 is 2.77 bits per heavy atom. The number of nitrogens with one attached hydrogen (secondary N) is 2. The van der Waals surface area contributed by atoms with Crippen LogP contribution in [0.4, 0.5) is 4.79 Å². The van der Waals surface area contributed by atoms with E-state index in [0.29, 0.717) is 22.9 Å². The van der Waals surface area contributed by atoms with Crippen LogP contribution in [0.25, 0.3) is 0 Å². The van der Waals surface area contributed by atoms with Gasteiger partial charge in [0.05, 0.1) is 18.2 Å². The van der Waals surface area contributed by atoms with Crippen LogP contribution in [-0.2, 0) is 9.53 Å². The number of esters is 1. The van der Waals surface area contributed by atoms with Gasteiger partial charge in [0.15, 0.2) is 0 Å². The van der Waals surface area contributed by atoms with Crippen LogP contribution in [-0.4, -0.2) is 18.6 Å². The Morgan fingerprint density at radius 1 is 1.41 bits per heavy atom. The van der Waals surface area contributed by atoms with E-state index in [2.05, 4.69) is 10.6 Å². The van der Waals surface area contributed by atoms with Crippen molar-refractivity contribution >= 4 is 23.6 Å². The van der Waals surface area contributed by atoms with Gasteiger partial charge in [-0.2, -0.15) is 0 Å². The molecule has 2 rings (SSSR count). The minimum absolute atomic E-state index is 0.237. The fourth-order valence-electron chi connectivity index (χ4n) is 2.22. The van der Waals surface area contributed by atoms with Crippen molar-refractivity contribution in [2.45, 2.75) is 26.8 Å². The summed E-state index contributed by atoms with van der Waals surface area (Å²) in [6.45, 7) is 5.93. The predicted molar refractivity (Wildman–Crippen MR) is 84.4 cm³/mol. The Labute approximate surface area is 134 Å². The number of rotatable bonds is 4. The summed E-state index contributed by atoms with van der Waals surface area (Å²) in [5.74, 6) is -0.204. The SMILES string of the molecule is CC1=C(C(=O)OCC(C)C)[C@H](c2cccc(Cl)c2)NC(=O)N1. The lowest BCUT2D eigenvalue weighted by Gasteiger charge is -2.28. The third kappa shape index (κ3) is 3.80. The molecule has 0 unspecified atom stereocenters.